The first kappa shape index (κ1) is 30.5. The highest BCUT2D eigenvalue weighted by molar-refractivity contribution is 5.95. The van der Waals surface area contributed by atoms with Crippen molar-refractivity contribution in [3.8, 4) is 22.6 Å². The summed E-state index contributed by atoms with van der Waals surface area (Å²) in [4.78, 5) is 28.4. The van der Waals surface area contributed by atoms with E-state index in [-0.39, 0.29) is 11.7 Å². The van der Waals surface area contributed by atoms with Gasteiger partial charge in [0.25, 0.3) is 5.91 Å². The Balaban J connectivity index is 1.72. The van der Waals surface area contributed by atoms with Crippen molar-refractivity contribution in [3.05, 3.63) is 80.2 Å². The summed E-state index contributed by atoms with van der Waals surface area (Å²) in [5.41, 5.74) is 7.48. The van der Waals surface area contributed by atoms with E-state index >= 15 is 4.39 Å². The quantitative estimate of drug-likeness (QED) is 0.329. The van der Waals surface area contributed by atoms with Gasteiger partial charge < -0.3 is 24.2 Å². The second kappa shape index (κ2) is 11.3. The van der Waals surface area contributed by atoms with E-state index < -0.39 is 23.5 Å². The highest BCUT2D eigenvalue weighted by Gasteiger charge is 2.37. The van der Waals surface area contributed by atoms with Gasteiger partial charge >= 0.3 is 5.97 Å². The molecule has 1 atom stereocenters. The lowest BCUT2D eigenvalue weighted by Gasteiger charge is -2.31. The fourth-order valence-electron chi connectivity index (χ4n) is 6.48. The molecule has 0 fully saturated rings. The molecule has 8 heteroatoms. The lowest BCUT2D eigenvalue weighted by Crippen LogP contribution is -2.29. The number of carboxylic acid groups (broad SMARTS) is 1. The third-order valence-electron chi connectivity index (χ3n) is 8.62. The van der Waals surface area contributed by atoms with E-state index in [0.717, 1.165) is 45.4 Å². The zero-order valence-electron chi connectivity index (χ0n) is 26.2. The zero-order chi connectivity index (χ0) is 31.4. The maximum Gasteiger partial charge on any atom is 0.337 e. The Kier molecular flexibility index (Phi) is 8.03. The molecule has 0 radical (unpaired) electrons. The molecule has 3 aromatic carbocycles. The van der Waals surface area contributed by atoms with Gasteiger partial charge in [-0.2, -0.15) is 0 Å². The standard InChI is InChI=1S/C35H40FNO6/c1-18-11-12-22(14-28(18)41-8)33(38)37-16-25-20(3)29(24-15-27(36)31-23(19(24)2)10-9-13-42-31)30(21(4)26(25)17-37)32(34(39)40)43-35(5,6)7/h11-12,14-15,32H,9-10,13,16-17H2,1-8H3,(H,39,40)/t32-/m0/s1. The van der Waals surface area contributed by atoms with Crippen molar-refractivity contribution in [1.29, 1.82) is 0 Å². The van der Waals surface area contributed by atoms with Crippen molar-refractivity contribution in [2.24, 2.45) is 0 Å². The Morgan fingerprint density at radius 3 is 2.30 bits per heavy atom. The number of hydrogen-bond donors (Lipinski definition) is 1. The number of carbonyl (C=O) groups excluding carboxylic acids is 1. The summed E-state index contributed by atoms with van der Waals surface area (Å²) in [7, 11) is 1.58. The molecule has 0 bridgehead atoms. The molecule has 0 aliphatic carbocycles. The predicted molar refractivity (Wildman–Crippen MR) is 162 cm³/mol. The Labute approximate surface area is 252 Å². The second-order valence-electron chi connectivity index (χ2n) is 12.6. The van der Waals surface area contributed by atoms with Crippen LogP contribution in [0.2, 0.25) is 0 Å². The van der Waals surface area contributed by atoms with Crippen LogP contribution in [0.25, 0.3) is 11.1 Å². The Morgan fingerprint density at radius 2 is 1.67 bits per heavy atom. The van der Waals surface area contributed by atoms with Crippen molar-refractivity contribution in [2.45, 2.75) is 86.1 Å². The Bertz CT molecular complexity index is 1640. The number of amides is 1. The summed E-state index contributed by atoms with van der Waals surface area (Å²) in [6.45, 7) is 14.2. The van der Waals surface area contributed by atoms with Crippen LogP contribution in [0.1, 0.15) is 88.2 Å². The molecule has 0 spiro atoms. The minimum atomic E-state index is -1.31. The maximum atomic E-state index is 15.6. The molecule has 0 saturated carbocycles. The van der Waals surface area contributed by atoms with Crippen LogP contribution in [0, 0.1) is 33.5 Å². The van der Waals surface area contributed by atoms with Crippen LogP contribution >= 0.6 is 0 Å². The molecule has 43 heavy (non-hydrogen) atoms. The average Bonchev–Trinajstić information content (AvgIpc) is 3.41. The first-order valence-corrected chi connectivity index (χ1v) is 14.7. The highest BCUT2D eigenvalue weighted by Crippen LogP contribution is 2.47. The molecule has 0 unspecified atom stereocenters. The molecule has 0 saturated heterocycles. The fourth-order valence-corrected chi connectivity index (χ4v) is 6.48. The fraction of sp³-hybridized carbons (Fsp3) is 0.429. The number of benzene rings is 3. The lowest BCUT2D eigenvalue weighted by molar-refractivity contribution is -0.160. The molecule has 2 heterocycles. The molecule has 0 aromatic heterocycles. The molecular formula is C35H40FNO6. The van der Waals surface area contributed by atoms with Crippen LogP contribution in [0.5, 0.6) is 11.5 Å². The minimum Gasteiger partial charge on any atom is -0.496 e. The van der Waals surface area contributed by atoms with Gasteiger partial charge in [-0.3, -0.25) is 4.79 Å². The van der Waals surface area contributed by atoms with Crippen molar-refractivity contribution in [1.82, 2.24) is 4.90 Å². The van der Waals surface area contributed by atoms with Gasteiger partial charge in [0.15, 0.2) is 17.7 Å². The number of methoxy groups -OCH3 is 1. The third kappa shape index (κ3) is 5.49. The van der Waals surface area contributed by atoms with Crippen molar-refractivity contribution in [2.75, 3.05) is 13.7 Å². The number of rotatable bonds is 6. The summed E-state index contributed by atoms with van der Waals surface area (Å²) < 4.78 is 32.9. The summed E-state index contributed by atoms with van der Waals surface area (Å²) in [5, 5.41) is 10.5. The Hall–Kier alpha value is -3.91. The van der Waals surface area contributed by atoms with Crippen LogP contribution in [-0.4, -0.2) is 41.2 Å². The number of ether oxygens (including phenoxy) is 3. The first-order valence-electron chi connectivity index (χ1n) is 14.7. The molecule has 5 rings (SSSR count). The summed E-state index contributed by atoms with van der Waals surface area (Å²) >= 11 is 0. The summed E-state index contributed by atoms with van der Waals surface area (Å²) in [6.07, 6.45) is 0.144. The number of carboxylic acids is 1. The monoisotopic (exact) mass is 589 g/mol. The van der Waals surface area contributed by atoms with Crippen LogP contribution < -0.4 is 9.47 Å². The van der Waals surface area contributed by atoms with Gasteiger partial charge in [0.1, 0.15) is 5.75 Å². The van der Waals surface area contributed by atoms with Gasteiger partial charge in [-0.25, -0.2) is 9.18 Å². The lowest BCUT2D eigenvalue weighted by atomic mass is 9.81. The van der Waals surface area contributed by atoms with E-state index in [1.165, 1.54) is 6.07 Å². The smallest absolute Gasteiger partial charge is 0.337 e. The van der Waals surface area contributed by atoms with Gasteiger partial charge in [0.2, 0.25) is 0 Å². The van der Waals surface area contributed by atoms with E-state index in [2.05, 4.69) is 0 Å². The minimum absolute atomic E-state index is 0.148. The molecule has 1 amide bonds. The highest BCUT2D eigenvalue weighted by atomic mass is 19.1. The molecule has 7 nitrogen and oxygen atoms in total. The van der Waals surface area contributed by atoms with Crippen molar-refractivity contribution >= 4 is 11.9 Å². The zero-order valence-corrected chi connectivity index (χ0v) is 26.2. The van der Waals surface area contributed by atoms with E-state index in [9.17, 15) is 14.7 Å². The molecule has 1 N–H and O–H groups in total. The number of aryl methyl sites for hydroxylation is 1. The van der Waals surface area contributed by atoms with E-state index in [4.69, 9.17) is 14.2 Å². The van der Waals surface area contributed by atoms with Crippen LogP contribution in [0.4, 0.5) is 4.39 Å². The average molecular weight is 590 g/mol. The van der Waals surface area contributed by atoms with Crippen LogP contribution in [0.15, 0.2) is 24.3 Å². The summed E-state index contributed by atoms with van der Waals surface area (Å²) in [6, 6.07) is 6.86. The van der Waals surface area contributed by atoms with E-state index in [1.807, 2.05) is 54.5 Å². The predicted octanol–water partition coefficient (Wildman–Crippen LogP) is 7.16. The third-order valence-corrected chi connectivity index (χ3v) is 8.62. The number of halogens is 1. The van der Waals surface area contributed by atoms with Crippen molar-refractivity contribution in [3.63, 3.8) is 0 Å². The molecule has 228 valence electrons. The number of carbonyl (C=O) groups is 2. The molecular weight excluding hydrogens is 549 g/mol. The topological polar surface area (TPSA) is 85.3 Å². The normalized spacial score (nSPS) is 15.0. The van der Waals surface area contributed by atoms with E-state index in [0.29, 0.717) is 54.1 Å². The number of aliphatic carboxylic acids is 1. The molecule has 3 aromatic rings. The Morgan fingerprint density at radius 1 is 1.00 bits per heavy atom. The van der Waals surface area contributed by atoms with Gasteiger partial charge in [-0.1, -0.05) is 6.07 Å². The van der Waals surface area contributed by atoms with Gasteiger partial charge in [0.05, 0.1) is 19.3 Å². The number of fused-ring (bicyclic) bond motifs is 2. The first-order chi connectivity index (χ1) is 20.2. The van der Waals surface area contributed by atoms with Gasteiger partial charge in [-0.05, 0) is 124 Å². The van der Waals surface area contributed by atoms with E-state index in [1.54, 1.807) is 24.1 Å². The molecule has 2 aliphatic heterocycles. The van der Waals surface area contributed by atoms with Crippen molar-refractivity contribution < 1.29 is 33.3 Å². The second-order valence-corrected chi connectivity index (χ2v) is 12.6. The molecule has 2 aliphatic rings. The number of hydrogen-bond acceptors (Lipinski definition) is 5. The van der Waals surface area contributed by atoms with Crippen LogP contribution in [0.3, 0.4) is 0 Å². The van der Waals surface area contributed by atoms with Gasteiger partial charge in [-0.15, -0.1) is 0 Å². The largest absolute Gasteiger partial charge is 0.496 e. The van der Waals surface area contributed by atoms with Gasteiger partial charge in [0, 0.05) is 29.8 Å². The van der Waals surface area contributed by atoms with Crippen LogP contribution in [-0.2, 0) is 29.0 Å². The maximum absolute atomic E-state index is 15.6. The number of nitrogens with zero attached hydrogens (tertiary/aromatic N) is 1. The SMILES string of the molecule is COc1cc(C(=O)N2Cc3c(C)c(-c4cc(F)c5c(c4C)CCCO5)c([C@H](OC(C)(C)C)C(=O)O)c(C)c3C2)ccc1C. The summed E-state index contributed by atoms with van der Waals surface area (Å²) in [5.74, 6) is -0.832.